The van der Waals surface area contributed by atoms with Gasteiger partial charge in [-0.3, -0.25) is 0 Å². The molecule has 1 unspecified atom stereocenters. The van der Waals surface area contributed by atoms with Crippen LogP contribution in [-0.2, 0) is 0 Å². The summed E-state index contributed by atoms with van der Waals surface area (Å²) in [5.74, 6) is 2.28. The predicted octanol–water partition coefficient (Wildman–Crippen LogP) is 2.41. The molecule has 1 N–H and O–H groups in total. The van der Waals surface area contributed by atoms with E-state index in [1.807, 2.05) is 0 Å². The summed E-state index contributed by atoms with van der Waals surface area (Å²) >= 11 is 0. The Kier molecular flexibility index (Phi) is 2.86. The van der Waals surface area contributed by atoms with E-state index in [4.69, 9.17) is 5.26 Å². The monoisotopic (exact) mass is 201 g/mol. The molecular weight excluding hydrogens is 186 g/mol. The van der Waals surface area contributed by atoms with Gasteiger partial charge in [0.2, 0.25) is 0 Å². The average molecular weight is 201 g/mol. The largest absolute Gasteiger partial charge is 0.369 e. The van der Waals surface area contributed by atoms with Crippen LogP contribution in [0.4, 0.5) is 5.82 Å². The highest BCUT2D eigenvalue weighted by molar-refractivity contribution is 5.51. The molecule has 0 saturated heterocycles. The Morgan fingerprint density at radius 2 is 2.47 bits per heavy atom. The minimum atomic E-state index is 0.625. The number of hydrogen-bond donors (Lipinski definition) is 1. The number of anilines is 1. The van der Waals surface area contributed by atoms with Gasteiger partial charge >= 0.3 is 0 Å². The lowest BCUT2D eigenvalue weighted by molar-refractivity contribution is 0.536. The van der Waals surface area contributed by atoms with Crippen LogP contribution in [0.15, 0.2) is 18.3 Å². The van der Waals surface area contributed by atoms with Gasteiger partial charge in [0.1, 0.15) is 11.9 Å². The standard InChI is InChI=1S/C12H15N3/c1-9(10-4-5-10)8-15-12-11(7-13)3-2-6-14-12/h2-3,6,9-10H,4-5,8H2,1H3,(H,14,15). The van der Waals surface area contributed by atoms with Crippen LogP contribution in [0.2, 0.25) is 0 Å². The molecule has 3 nitrogen and oxygen atoms in total. The summed E-state index contributed by atoms with van der Waals surface area (Å²) < 4.78 is 0. The summed E-state index contributed by atoms with van der Waals surface area (Å²) in [7, 11) is 0. The molecule has 0 aliphatic heterocycles. The van der Waals surface area contributed by atoms with Gasteiger partial charge in [-0.2, -0.15) is 5.26 Å². The van der Waals surface area contributed by atoms with Crippen molar-refractivity contribution in [2.24, 2.45) is 11.8 Å². The fraction of sp³-hybridized carbons (Fsp3) is 0.500. The topological polar surface area (TPSA) is 48.7 Å². The third-order valence-electron chi connectivity index (χ3n) is 2.95. The molecule has 1 aromatic heterocycles. The predicted molar refractivity (Wildman–Crippen MR) is 59.3 cm³/mol. The quantitative estimate of drug-likeness (QED) is 0.813. The van der Waals surface area contributed by atoms with E-state index in [-0.39, 0.29) is 0 Å². The van der Waals surface area contributed by atoms with Crippen molar-refractivity contribution in [1.82, 2.24) is 4.98 Å². The van der Waals surface area contributed by atoms with Crippen LogP contribution in [0.5, 0.6) is 0 Å². The molecule has 0 radical (unpaired) electrons. The summed E-state index contributed by atoms with van der Waals surface area (Å²) in [5, 5.41) is 12.1. The second kappa shape index (κ2) is 4.31. The van der Waals surface area contributed by atoms with Gasteiger partial charge in [-0.25, -0.2) is 4.98 Å². The highest BCUT2D eigenvalue weighted by Crippen LogP contribution is 2.36. The Morgan fingerprint density at radius 3 is 3.13 bits per heavy atom. The van der Waals surface area contributed by atoms with Crippen molar-refractivity contribution >= 4 is 5.82 Å². The van der Waals surface area contributed by atoms with Crippen LogP contribution in [0.25, 0.3) is 0 Å². The van der Waals surface area contributed by atoms with Crippen LogP contribution in [0, 0.1) is 23.2 Å². The average Bonchev–Trinajstić information content (AvgIpc) is 3.10. The molecule has 0 amide bonds. The molecule has 1 atom stereocenters. The Balaban J connectivity index is 1.95. The maximum absolute atomic E-state index is 8.88. The molecule has 0 aromatic carbocycles. The number of rotatable bonds is 4. The highest BCUT2D eigenvalue weighted by atomic mass is 15.0. The molecule has 1 fully saturated rings. The first-order chi connectivity index (χ1) is 7.31. The zero-order chi connectivity index (χ0) is 10.7. The first-order valence-electron chi connectivity index (χ1n) is 5.40. The number of nitrogens with one attached hydrogen (secondary N) is 1. The lowest BCUT2D eigenvalue weighted by atomic mass is 10.1. The number of hydrogen-bond acceptors (Lipinski definition) is 3. The van der Waals surface area contributed by atoms with Crippen LogP contribution < -0.4 is 5.32 Å². The van der Waals surface area contributed by atoms with E-state index in [2.05, 4.69) is 23.3 Å². The minimum absolute atomic E-state index is 0.625. The van der Waals surface area contributed by atoms with Gasteiger partial charge in [0.15, 0.2) is 0 Å². The van der Waals surface area contributed by atoms with Gasteiger partial charge in [-0.1, -0.05) is 6.92 Å². The normalized spacial score (nSPS) is 16.8. The SMILES string of the molecule is CC(CNc1ncccc1C#N)C1CC1. The molecule has 15 heavy (non-hydrogen) atoms. The van der Waals surface area contributed by atoms with Crippen LogP contribution in [0.3, 0.4) is 0 Å². The summed E-state index contributed by atoms with van der Waals surface area (Å²) in [5.41, 5.74) is 0.625. The molecular formula is C12H15N3. The third kappa shape index (κ3) is 2.47. The molecule has 1 aromatic rings. The van der Waals surface area contributed by atoms with Crippen molar-refractivity contribution in [3.8, 4) is 6.07 Å². The Bertz CT molecular complexity index is 377. The lowest BCUT2D eigenvalue weighted by Gasteiger charge is -2.12. The van der Waals surface area contributed by atoms with E-state index >= 15 is 0 Å². The zero-order valence-corrected chi connectivity index (χ0v) is 8.90. The summed E-state index contributed by atoms with van der Waals surface area (Å²) in [6, 6.07) is 5.71. The highest BCUT2D eigenvalue weighted by Gasteiger charge is 2.27. The number of nitrogens with zero attached hydrogens (tertiary/aromatic N) is 2. The van der Waals surface area contributed by atoms with Crippen molar-refractivity contribution in [3.63, 3.8) is 0 Å². The van der Waals surface area contributed by atoms with Gasteiger partial charge in [0.25, 0.3) is 0 Å². The molecule has 1 aliphatic carbocycles. The van der Waals surface area contributed by atoms with E-state index in [9.17, 15) is 0 Å². The Hall–Kier alpha value is -1.56. The van der Waals surface area contributed by atoms with E-state index in [1.165, 1.54) is 12.8 Å². The van der Waals surface area contributed by atoms with Crippen LogP contribution in [-0.4, -0.2) is 11.5 Å². The maximum atomic E-state index is 8.88. The fourth-order valence-corrected chi connectivity index (χ4v) is 1.73. The molecule has 0 bridgehead atoms. The first kappa shape index (κ1) is 9.97. The maximum Gasteiger partial charge on any atom is 0.143 e. The molecule has 2 rings (SSSR count). The first-order valence-corrected chi connectivity index (χ1v) is 5.40. The van der Waals surface area contributed by atoms with Gasteiger partial charge in [0, 0.05) is 12.7 Å². The molecule has 1 saturated carbocycles. The summed E-state index contributed by atoms with van der Waals surface area (Å²) in [4.78, 5) is 4.17. The van der Waals surface area contributed by atoms with Crippen molar-refractivity contribution in [3.05, 3.63) is 23.9 Å². The number of nitriles is 1. The smallest absolute Gasteiger partial charge is 0.143 e. The summed E-state index contributed by atoms with van der Waals surface area (Å²) in [6.45, 7) is 3.16. The molecule has 1 aliphatic rings. The molecule has 1 heterocycles. The molecule has 0 spiro atoms. The summed E-state index contributed by atoms with van der Waals surface area (Å²) in [6.07, 6.45) is 4.43. The van der Waals surface area contributed by atoms with E-state index in [0.717, 1.165) is 12.5 Å². The second-order valence-electron chi connectivity index (χ2n) is 4.21. The zero-order valence-electron chi connectivity index (χ0n) is 8.90. The van der Waals surface area contributed by atoms with E-state index < -0.39 is 0 Å². The Labute approximate surface area is 90.1 Å². The van der Waals surface area contributed by atoms with Crippen molar-refractivity contribution in [2.45, 2.75) is 19.8 Å². The van der Waals surface area contributed by atoms with Crippen LogP contribution in [0.1, 0.15) is 25.3 Å². The van der Waals surface area contributed by atoms with Crippen molar-refractivity contribution < 1.29 is 0 Å². The van der Waals surface area contributed by atoms with Gasteiger partial charge in [-0.05, 0) is 36.8 Å². The van der Waals surface area contributed by atoms with Gasteiger partial charge in [-0.15, -0.1) is 0 Å². The van der Waals surface area contributed by atoms with Crippen molar-refractivity contribution in [2.75, 3.05) is 11.9 Å². The number of pyridine rings is 1. The molecule has 3 heteroatoms. The second-order valence-corrected chi connectivity index (χ2v) is 4.21. The van der Waals surface area contributed by atoms with E-state index in [1.54, 1.807) is 18.3 Å². The van der Waals surface area contributed by atoms with E-state index in [0.29, 0.717) is 17.3 Å². The fourth-order valence-electron chi connectivity index (χ4n) is 1.73. The van der Waals surface area contributed by atoms with Gasteiger partial charge in [0.05, 0.1) is 5.56 Å². The minimum Gasteiger partial charge on any atom is -0.369 e. The number of aromatic nitrogens is 1. The third-order valence-corrected chi connectivity index (χ3v) is 2.95. The molecule has 78 valence electrons. The van der Waals surface area contributed by atoms with Crippen molar-refractivity contribution in [1.29, 1.82) is 5.26 Å². The lowest BCUT2D eigenvalue weighted by Crippen LogP contribution is -2.14. The van der Waals surface area contributed by atoms with Crippen LogP contribution >= 0.6 is 0 Å². The van der Waals surface area contributed by atoms with Gasteiger partial charge < -0.3 is 5.32 Å². The Morgan fingerprint density at radius 1 is 1.67 bits per heavy atom.